The molecule has 2 heterocycles. The lowest BCUT2D eigenvalue weighted by molar-refractivity contribution is 0.230. The van der Waals surface area contributed by atoms with Gasteiger partial charge in [-0.15, -0.1) is 0 Å². The predicted molar refractivity (Wildman–Crippen MR) is 56.2 cm³/mol. The van der Waals surface area contributed by atoms with Crippen LogP contribution in [0.25, 0.3) is 0 Å². The second-order valence-electron chi connectivity index (χ2n) is 3.92. The minimum Gasteiger partial charge on any atom is -0.346 e. The quantitative estimate of drug-likeness (QED) is 0.717. The normalized spacial score (nSPS) is 18.7. The van der Waals surface area contributed by atoms with Crippen molar-refractivity contribution in [3.8, 4) is 0 Å². The molecule has 0 radical (unpaired) electrons. The highest BCUT2D eigenvalue weighted by Gasteiger charge is 2.12. The number of imidazole rings is 1. The van der Waals surface area contributed by atoms with E-state index in [0.29, 0.717) is 0 Å². The van der Waals surface area contributed by atoms with E-state index in [4.69, 9.17) is 0 Å². The Labute approximate surface area is 84.7 Å². The van der Waals surface area contributed by atoms with Gasteiger partial charge in [0.2, 0.25) is 0 Å². The minimum absolute atomic E-state index is 0.984. The number of aromatic nitrogens is 2. The second-order valence-corrected chi connectivity index (χ2v) is 3.92. The maximum atomic E-state index is 4.49. The topological polar surface area (TPSA) is 44.0 Å². The Kier molecular flexibility index (Phi) is 2.84. The van der Waals surface area contributed by atoms with Crippen LogP contribution in [0, 0.1) is 13.8 Å². The van der Waals surface area contributed by atoms with E-state index in [0.717, 1.165) is 38.5 Å². The molecule has 1 aromatic heterocycles. The Bertz CT molecular complexity index is 299. The lowest BCUT2D eigenvalue weighted by Gasteiger charge is -2.26. The summed E-state index contributed by atoms with van der Waals surface area (Å²) >= 11 is 0. The van der Waals surface area contributed by atoms with Crippen LogP contribution in [0.4, 0.5) is 0 Å². The highest BCUT2D eigenvalue weighted by atomic mass is 15.2. The number of hydrogen-bond donors (Lipinski definition) is 2. The Hall–Kier alpha value is -0.870. The molecule has 0 unspecified atom stereocenters. The molecule has 1 aromatic rings. The Morgan fingerprint density at radius 3 is 2.57 bits per heavy atom. The van der Waals surface area contributed by atoms with Crippen molar-refractivity contribution in [1.29, 1.82) is 0 Å². The molecule has 0 saturated carbocycles. The maximum absolute atomic E-state index is 4.49. The zero-order valence-corrected chi connectivity index (χ0v) is 8.93. The number of nitrogens with one attached hydrogen (secondary N) is 2. The van der Waals surface area contributed by atoms with Gasteiger partial charge in [0, 0.05) is 38.4 Å². The second kappa shape index (κ2) is 4.11. The molecule has 0 bridgehead atoms. The Balaban J connectivity index is 1.98. The summed E-state index contributed by atoms with van der Waals surface area (Å²) in [6.07, 6.45) is 0. The van der Waals surface area contributed by atoms with Gasteiger partial charge in [0.05, 0.1) is 5.69 Å². The van der Waals surface area contributed by atoms with Crippen LogP contribution >= 0.6 is 0 Å². The van der Waals surface area contributed by atoms with Crippen LogP contribution in [0.3, 0.4) is 0 Å². The molecule has 0 aromatic carbocycles. The summed E-state index contributed by atoms with van der Waals surface area (Å²) in [5.41, 5.74) is 2.41. The van der Waals surface area contributed by atoms with E-state index in [-0.39, 0.29) is 0 Å². The third-order valence-corrected chi connectivity index (χ3v) is 2.69. The summed E-state index contributed by atoms with van der Waals surface area (Å²) < 4.78 is 0. The van der Waals surface area contributed by atoms with Gasteiger partial charge >= 0.3 is 0 Å². The predicted octanol–water partition coefficient (Wildman–Crippen LogP) is 0.432. The zero-order valence-electron chi connectivity index (χ0n) is 8.93. The fourth-order valence-corrected chi connectivity index (χ4v) is 1.89. The molecule has 1 fully saturated rings. The molecule has 2 rings (SSSR count). The molecule has 0 spiro atoms. The highest BCUT2D eigenvalue weighted by molar-refractivity contribution is 5.12. The van der Waals surface area contributed by atoms with Crippen molar-refractivity contribution in [2.24, 2.45) is 0 Å². The van der Waals surface area contributed by atoms with Gasteiger partial charge in [-0.3, -0.25) is 4.90 Å². The van der Waals surface area contributed by atoms with Gasteiger partial charge in [0.1, 0.15) is 5.82 Å². The molecular formula is C10H18N4. The van der Waals surface area contributed by atoms with Gasteiger partial charge in [-0.05, 0) is 13.8 Å². The average molecular weight is 194 g/mol. The average Bonchev–Trinajstić information content (AvgIpc) is 2.47. The minimum atomic E-state index is 0.984. The van der Waals surface area contributed by atoms with Crippen molar-refractivity contribution in [2.45, 2.75) is 20.4 Å². The molecule has 4 nitrogen and oxygen atoms in total. The molecule has 14 heavy (non-hydrogen) atoms. The summed E-state index contributed by atoms with van der Waals surface area (Å²) in [4.78, 5) is 10.2. The molecule has 1 saturated heterocycles. The van der Waals surface area contributed by atoms with Crippen LogP contribution in [0.5, 0.6) is 0 Å². The van der Waals surface area contributed by atoms with Crippen molar-refractivity contribution in [2.75, 3.05) is 26.2 Å². The number of nitrogens with zero attached hydrogens (tertiary/aromatic N) is 2. The van der Waals surface area contributed by atoms with Crippen LogP contribution < -0.4 is 5.32 Å². The van der Waals surface area contributed by atoms with Crippen molar-refractivity contribution in [3.05, 3.63) is 17.2 Å². The number of rotatable bonds is 2. The van der Waals surface area contributed by atoms with Crippen LogP contribution in [0.2, 0.25) is 0 Å². The van der Waals surface area contributed by atoms with Gasteiger partial charge in [0.15, 0.2) is 0 Å². The van der Waals surface area contributed by atoms with Crippen LogP contribution in [-0.4, -0.2) is 41.0 Å². The number of H-pyrrole nitrogens is 1. The molecule has 78 valence electrons. The fraction of sp³-hybridized carbons (Fsp3) is 0.700. The molecule has 2 N–H and O–H groups in total. The van der Waals surface area contributed by atoms with Crippen molar-refractivity contribution >= 4 is 0 Å². The largest absolute Gasteiger partial charge is 0.346 e. The summed E-state index contributed by atoms with van der Waals surface area (Å²) in [7, 11) is 0. The molecule has 0 amide bonds. The van der Waals surface area contributed by atoms with Gasteiger partial charge in [-0.2, -0.15) is 0 Å². The van der Waals surface area contributed by atoms with E-state index in [9.17, 15) is 0 Å². The maximum Gasteiger partial charge on any atom is 0.103 e. The van der Waals surface area contributed by atoms with Crippen molar-refractivity contribution < 1.29 is 0 Å². The van der Waals surface area contributed by atoms with E-state index in [1.54, 1.807) is 0 Å². The summed E-state index contributed by atoms with van der Waals surface area (Å²) in [5.74, 6) is 1.02. The third-order valence-electron chi connectivity index (χ3n) is 2.69. The first-order valence-electron chi connectivity index (χ1n) is 5.21. The van der Waals surface area contributed by atoms with Crippen LogP contribution in [0.1, 0.15) is 17.2 Å². The first-order valence-corrected chi connectivity index (χ1v) is 5.21. The molecule has 4 heteroatoms. The number of piperazine rings is 1. The van der Waals surface area contributed by atoms with Crippen molar-refractivity contribution in [3.63, 3.8) is 0 Å². The molecule has 0 aliphatic carbocycles. The van der Waals surface area contributed by atoms with Crippen LogP contribution in [-0.2, 0) is 6.54 Å². The van der Waals surface area contributed by atoms with E-state index in [1.807, 2.05) is 6.92 Å². The molecule has 1 aliphatic heterocycles. The lowest BCUT2D eigenvalue weighted by Crippen LogP contribution is -2.43. The number of aryl methyl sites for hydroxylation is 2. The summed E-state index contributed by atoms with van der Waals surface area (Å²) in [5, 5.41) is 3.35. The smallest absolute Gasteiger partial charge is 0.103 e. The zero-order chi connectivity index (χ0) is 9.97. The van der Waals surface area contributed by atoms with E-state index in [2.05, 4.69) is 27.1 Å². The van der Waals surface area contributed by atoms with Gasteiger partial charge in [0.25, 0.3) is 0 Å². The third kappa shape index (κ3) is 2.13. The van der Waals surface area contributed by atoms with E-state index in [1.165, 1.54) is 11.4 Å². The molecular weight excluding hydrogens is 176 g/mol. The molecule has 0 atom stereocenters. The lowest BCUT2D eigenvalue weighted by atomic mass is 10.3. The van der Waals surface area contributed by atoms with Gasteiger partial charge in [-0.25, -0.2) is 4.98 Å². The fourth-order valence-electron chi connectivity index (χ4n) is 1.89. The van der Waals surface area contributed by atoms with Gasteiger partial charge in [-0.1, -0.05) is 0 Å². The Morgan fingerprint density at radius 1 is 1.29 bits per heavy atom. The highest BCUT2D eigenvalue weighted by Crippen LogP contribution is 2.08. The van der Waals surface area contributed by atoms with E-state index >= 15 is 0 Å². The number of aromatic amines is 1. The van der Waals surface area contributed by atoms with E-state index < -0.39 is 0 Å². The SMILES string of the molecule is Cc1nc(CN2CCNCC2)c(C)[nH]1. The monoisotopic (exact) mass is 194 g/mol. The summed E-state index contributed by atoms with van der Waals surface area (Å²) in [6.45, 7) is 9.55. The van der Waals surface area contributed by atoms with Crippen molar-refractivity contribution in [1.82, 2.24) is 20.2 Å². The van der Waals surface area contributed by atoms with Crippen LogP contribution in [0.15, 0.2) is 0 Å². The Morgan fingerprint density at radius 2 is 2.00 bits per heavy atom. The first-order chi connectivity index (χ1) is 6.75. The molecule has 1 aliphatic rings. The van der Waals surface area contributed by atoms with Gasteiger partial charge < -0.3 is 10.3 Å². The summed E-state index contributed by atoms with van der Waals surface area (Å²) in [6, 6.07) is 0. The number of hydrogen-bond acceptors (Lipinski definition) is 3. The first kappa shape index (κ1) is 9.68. The standard InChI is InChI=1S/C10H18N4/c1-8-10(13-9(2)12-8)7-14-5-3-11-4-6-14/h11H,3-7H2,1-2H3,(H,12,13).